The van der Waals surface area contributed by atoms with E-state index in [1.807, 2.05) is 17.1 Å². The minimum absolute atomic E-state index is 0.377. The maximum Gasteiger partial charge on any atom is 0.165 e. The normalized spacial score (nSPS) is 13.4. The summed E-state index contributed by atoms with van der Waals surface area (Å²) in [4.78, 5) is 4.08. The molecule has 1 aliphatic heterocycles. The van der Waals surface area contributed by atoms with Gasteiger partial charge in [-0.15, -0.1) is 0 Å². The fourth-order valence-electron chi connectivity index (χ4n) is 3.51. The average molecular weight is 364 g/mol. The molecule has 4 rings (SSSR count). The fraction of sp³-hybridized carbons (Fsp3) is 0.263. The molecule has 0 bridgehead atoms. The first kappa shape index (κ1) is 17.3. The van der Waals surface area contributed by atoms with Crippen molar-refractivity contribution >= 4 is 17.3 Å². The Morgan fingerprint density at radius 1 is 1.15 bits per heavy atom. The van der Waals surface area contributed by atoms with Crippen LogP contribution in [0.15, 0.2) is 36.7 Å². The summed E-state index contributed by atoms with van der Waals surface area (Å²) < 4.78 is 1.94. The molecule has 0 fully saturated rings. The van der Waals surface area contributed by atoms with Gasteiger partial charge in [-0.05, 0) is 46.8 Å². The Labute approximate surface area is 157 Å². The molecule has 0 radical (unpaired) electrons. The van der Waals surface area contributed by atoms with E-state index in [1.54, 1.807) is 6.07 Å². The summed E-state index contributed by atoms with van der Waals surface area (Å²) in [5.74, 6) is 6.22. The highest BCUT2D eigenvalue weighted by Gasteiger charge is 2.11. The van der Waals surface area contributed by atoms with Crippen molar-refractivity contribution in [2.24, 2.45) is 5.84 Å². The van der Waals surface area contributed by atoms with E-state index in [0.717, 1.165) is 37.2 Å². The lowest BCUT2D eigenvalue weighted by Crippen LogP contribution is -2.23. The summed E-state index contributed by atoms with van der Waals surface area (Å²) in [5, 5.41) is 7.91. The summed E-state index contributed by atoms with van der Waals surface area (Å²) in [6.45, 7) is 2.73. The quantitative estimate of drug-likeness (QED) is 0.337. The number of hydrazine groups is 1. The summed E-state index contributed by atoms with van der Waals surface area (Å²) >= 11 is 0. The topological polar surface area (TPSA) is 133 Å². The standard InChI is InChI=1S/C19H24N8/c20-17-7-15(18(21)19(25-17)26-22)6-13-8-24-27(11-13)10-12-1-2-14-3-4-23-9-16(14)5-12/h1-2,5,7-8,11,23H,3-4,6,9-10,21-22H2,(H3,20,25,26). The number of nitrogen functional groups attached to an aromatic ring is 3. The zero-order valence-corrected chi connectivity index (χ0v) is 15.1. The Balaban J connectivity index is 1.50. The van der Waals surface area contributed by atoms with E-state index in [1.165, 1.54) is 16.7 Å². The van der Waals surface area contributed by atoms with Gasteiger partial charge in [0.1, 0.15) is 5.82 Å². The number of fused-ring (bicyclic) bond motifs is 1. The number of aromatic nitrogens is 3. The average Bonchev–Trinajstić information content (AvgIpc) is 3.11. The van der Waals surface area contributed by atoms with E-state index in [-0.39, 0.29) is 0 Å². The molecule has 0 atom stereocenters. The molecule has 3 heterocycles. The summed E-state index contributed by atoms with van der Waals surface area (Å²) in [6.07, 6.45) is 5.59. The third-order valence-electron chi connectivity index (χ3n) is 4.88. The van der Waals surface area contributed by atoms with Crippen LogP contribution >= 0.6 is 0 Å². The number of hydrogen-bond donors (Lipinski definition) is 5. The molecule has 0 amide bonds. The molecule has 1 aromatic carbocycles. The van der Waals surface area contributed by atoms with Gasteiger partial charge in [-0.1, -0.05) is 18.2 Å². The van der Waals surface area contributed by atoms with Crippen molar-refractivity contribution in [3.63, 3.8) is 0 Å². The second kappa shape index (κ2) is 7.26. The first-order valence-corrected chi connectivity index (χ1v) is 8.96. The Hall–Kier alpha value is -3.10. The van der Waals surface area contributed by atoms with Gasteiger partial charge in [0, 0.05) is 19.2 Å². The third kappa shape index (κ3) is 3.71. The largest absolute Gasteiger partial charge is 0.395 e. The van der Waals surface area contributed by atoms with E-state index in [9.17, 15) is 0 Å². The minimum atomic E-state index is 0.377. The van der Waals surface area contributed by atoms with E-state index in [2.05, 4.69) is 39.0 Å². The number of pyridine rings is 1. The number of benzene rings is 1. The Morgan fingerprint density at radius 2 is 2.04 bits per heavy atom. The lowest BCUT2D eigenvalue weighted by atomic mass is 9.98. The molecule has 0 spiro atoms. The van der Waals surface area contributed by atoms with Crippen molar-refractivity contribution in [3.05, 3.63) is 64.5 Å². The van der Waals surface area contributed by atoms with Crippen molar-refractivity contribution in [1.29, 1.82) is 0 Å². The summed E-state index contributed by atoms with van der Waals surface area (Å²) in [6, 6.07) is 8.46. The number of anilines is 3. The van der Waals surface area contributed by atoms with Gasteiger partial charge in [0.2, 0.25) is 0 Å². The van der Waals surface area contributed by atoms with Gasteiger partial charge in [0.15, 0.2) is 5.82 Å². The van der Waals surface area contributed by atoms with Crippen LogP contribution in [-0.2, 0) is 25.9 Å². The second-order valence-electron chi connectivity index (χ2n) is 6.87. The van der Waals surface area contributed by atoms with Crippen LogP contribution < -0.4 is 28.1 Å². The molecule has 1 aliphatic rings. The van der Waals surface area contributed by atoms with Crippen LogP contribution in [0.25, 0.3) is 0 Å². The van der Waals surface area contributed by atoms with E-state index < -0.39 is 0 Å². The molecule has 8 N–H and O–H groups in total. The van der Waals surface area contributed by atoms with Gasteiger partial charge in [-0.3, -0.25) is 4.68 Å². The third-order valence-corrected chi connectivity index (χ3v) is 4.88. The lowest BCUT2D eigenvalue weighted by Gasteiger charge is -2.17. The van der Waals surface area contributed by atoms with E-state index in [0.29, 0.717) is 23.7 Å². The van der Waals surface area contributed by atoms with Gasteiger partial charge >= 0.3 is 0 Å². The Bertz CT molecular complexity index is 962. The van der Waals surface area contributed by atoms with Crippen LogP contribution in [0.4, 0.5) is 17.3 Å². The van der Waals surface area contributed by atoms with Crippen molar-refractivity contribution in [2.45, 2.75) is 25.9 Å². The highest BCUT2D eigenvalue weighted by molar-refractivity contribution is 5.68. The monoisotopic (exact) mass is 364 g/mol. The predicted molar refractivity (Wildman–Crippen MR) is 107 cm³/mol. The smallest absolute Gasteiger partial charge is 0.165 e. The number of nitrogens with zero attached hydrogens (tertiary/aromatic N) is 3. The minimum Gasteiger partial charge on any atom is -0.395 e. The van der Waals surface area contributed by atoms with E-state index in [4.69, 9.17) is 17.3 Å². The molecule has 0 unspecified atom stereocenters. The molecule has 27 heavy (non-hydrogen) atoms. The van der Waals surface area contributed by atoms with Gasteiger partial charge in [0.05, 0.1) is 18.4 Å². The maximum absolute atomic E-state index is 6.11. The number of nitrogens with one attached hydrogen (secondary N) is 2. The van der Waals surface area contributed by atoms with E-state index >= 15 is 0 Å². The van der Waals surface area contributed by atoms with Crippen LogP contribution in [0.3, 0.4) is 0 Å². The van der Waals surface area contributed by atoms with Gasteiger partial charge < -0.3 is 22.2 Å². The van der Waals surface area contributed by atoms with Crippen molar-refractivity contribution in [3.8, 4) is 0 Å². The summed E-state index contributed by atoms with van der Waals surface area (Å²) in [7, 11) is 0. The van der Waals surface area contributed by atoms with Crippen LogP contribution in [0.5, 0.6) is 0 Å². The van der Waals surface area contributed by atoms with Crippen molar-refractivity contribution in [2.75, 3.05) is 23.4 Å². The molecule has 8 heteroatoms. The number of hydrogen-bond acceptors (Lipinski definition) is 7. The molecular formula is C19H24N8. The fourth-order valence-corrected chi connectivity index (χ4v) is 3.51. The molecule has 0 saturated heterocycles. The molecule has 8 nitrogen and oxygen atoms in total. The van der Waals surface area contributed by atoms with Crippen molar-refractivity contribution < 1.29 is 0 Å². The second-order valence-corrected chi connectivity index (χ2v) is 6.87. The Kier molecular flexibility index (Phi) is 4.66. The molecule has 140 valence electrons. The molecular weight excluding hydrogens is 340 g/mol. The first-order valence-electron chi connectivity index (χ1n) is 8.96. The van der Waals surface area contributed by atoms with Crippen molar-refractivity contribution in [1.82, 2.24) is 20.1 Å². The lowest BCUT2D eigenvalue weighted by molar-refractivity contribution is 0.638. The number of rotatable bonds is 5. The van der Waals surface area contributed by atoms with Crippen LogP contribution in [-0.4, -0.2) is 21.3 Å². The molecule has 3 aromatic rings. The van der Waals surface area contributed by atoms with Gasteiger partial charge in [-0.2, -0.15) is 5.10 Å². The molecule has 0 saturated carbocycles. The van der Waals surface area contributed by atoms with Gasteiger partial charge in [0.25, 0.3) is 0 Å². The van der Waals surface area contributed by atoms with Crippen LogP contribution in [0, 0.1) is 0 Å². The van der Waals surface area contributed by atoms with Crippen LogP contribution in [0.2, 0.25) is 0 Å². The highest BCUT2D eigenvalue weighted by Crippen LogP contribution is 2.25. The molecule has 2 aromatic heterocycles. The highest BCUT2D eigenvalue weighted by atomic mass is 15.3. The Morgan fingerprint density at radius 3 is 2.89 bits per heavy atom. The first-order chi connectivity index (χ1) is 13.1. The SMILES string of the molecule is NNc1nc(N)cc(Cc2cnn(Cc3ccc4c(c3)CNCC4)c2)c1N. The zero-order chi connectivity index (χ0) is 18.8. The zero-order valence-electron chi connectivity index (χ0n) is 15.1. The maximum atomic E-state index is 6.11. The van der Waals surface area contributed by atoms with Crippen LogP contribution in [0.1, 0.15) is 27.8 Å². The van der Waals surface area contributed by atoms with Gasteiger partial charge in [-0.25, -0.2) is 10.8 Å². The summed E-state index contributed by atoms with van der Waals surface area (Å²) in [5.41, 5.74) is 20.9. The number of nitrogens with two attached hydrogens (primary N) is 3. The predicted octanol–water partition coefficient (Wildman–Crippen LogP) is 1.01. The molecule has 0 aliphatic carbocycles.